The SMILES string of the molecule is O=C1NCCc2c1ccc(NC(=O)C1CCC(=O)N(c3cccc(F)c3)C1)c2F. The van der Waals surface area contributed by atoms with Gasteiger partial charge in [-0.25, -0.2) is 8.78 Å². The first kappa shape index (κ1) is 19.0. The van der Waals surface area contributed by atoms with Crippen molar-refractivity contribution in [2.45, 2.75) is 19.3 Å². The highest BCUT2D eigenvalue weighted by Crippen LogP contribution is 2.28. The Morgan fingerprint density at radius 2 is 1.97 bits per heavy atom. The number of piperidine rings is 1. The van der Waals surface area contributed by atoms with E-state index in [0.29, 0.717) is 25.1 Å². The molecule has 3 amide bonds. The van der Waals surface area contributed by atoms with Crippen LogP contribution in [0.4, 0.5) is 20.2 Å². The lowest BCUT2D eigenvalue weighted by Crippen LogP contribution is -2.44. The van der Waals surface area contributed by atoms with Gasteiger partial charge in [-0.3, -0.25) is 14.4 Å². The number of benzene rings is 2. The van der Waals surface area contributed by atoms with Gasteiger partial charge in [0.25, 0.3) is 5.91 Å². The van der Waals surface area contributed by atoms with Gasteiger partial charge in [0.05, 0.1) is 11.6 Å². The van der Waals surface area contributed by atoms with E-state index in [1.807, 2.05) is 0 Å². The highest BCUT2D eigenvalue weighted by atomic mass is 19.1. The fraction of sp³-hybridized carbons (Fsp3) is 0.286. The maximum atomic E-state index is 14.8. The zero-order valence-corrected chi connectivity index (χ0v) is 15.5. The summed E-state index contributed by atoms with van der Waals surface area (Å²) in [6.07, 6.45) is 0.814. The highest BCUT2D eigenvalue weighted by molar-refractivity contribution is 6.00. The van der Waals surface area contributed by atoms with Crippen LogP contribution in [-0.4, -0.2) is 30.8 Å². The van der Waals surface area contributed by atoms with Crippen LogP contribution < -0.4 is 15.5 Å². The number of hydrogen-bond acceptors (Lipinski definition) is 3. The molecule has 0 saturated carbocycles. The summed E-state index contributed by atoms with van der Waals surface area (Å²) >= 11 is 0. The smallest absolute Gasteiger partial charge is 0.251 e. The average Bonchev–Trinajstić information content (AvgIpc) is 2.71. The summed E-state index contributed by atoms with van der Waals surface area (Å²) in [4.78, 5) is 38.2. The van der Waals surface area contributed by atoms with Crippen molar-refractivity contribution in [1.29, 1.82) is 0 Å². The largest absolute Gasteiger partial charge is 0.352 e. The van der Waals surface area contributed by atoms with Crippen molar-refractivity contribution in [3.63, 3.8) is 0 Å². The number of carbonyl (C=O) groups excluding carboxylic acids is 3. The minimum absolute atomic E-state index is 0.0117. The van der Waals surface area contributed by atoms with Crippen LogP contribution in [0.5, 0.6) is 0 Å². The van der Waals surface area contributed by atoms with Crippen LogP contribution in [0.3, 0.4) is 0 Å². The molecule has 4 rings (SSSR count). The number of nitrogens with one attached hydrogen (secondary N) is 2. The summed E-state index contributed by atoms with van der Waals surface area (Å²) < 4.78 is 28.3. The minimum Gasteiger partial charge on any atom is -0.352 e. The lowest BCUT2D eigenvalue weighted by atomic mass is 9.95. The molecule has 6 nitrogen and oxygen atoms in total. The van der Waals surface area contributed by atoms with Crippen molar-refractivity contribution >= 4 is 29.1 Å². The molecule has 0 spiro atoms. The Morgan fingerprint density at radius 3 is 2.76 bits per heavy atom. The van der Waals surface area contributed by atoms with E-state index < -0.39 is 23.5 Å². The fourth-order valence-corrected chi connectivity index (χ4v) is 3.76. The van der Waals surface area contributed by atoms with Crippen LogP contribution in [0.1, 0.15) is 28.8 Å². The summed E-state index contributed by atoms with van der Waals surface area (Å²) in [5.41, 5.74) is 0.954. The maximum absolute atomic E-state index is 14.8. The number of fused-ring (bicyclic) bond motifs is 1. The van der Waals surface area contributed by atoms with Crippen molar-refractivity contribution in [2.75, 3.05) is 23.3 Å². The molecule has 1 atom stereocenters. The fourth-order valence-electron chi connectivity index (χ4n) is 3.76. The van der Waals surface area contributed by atoms with E-state index in [1.165, 1.54) is 35.2 Å². The number of anilines is 2. The number of hydrogen-bond donors (Lipinski definition) is 2. The standard InChI is InChI=1S/C21H19F2N3O3/c22-13-2-1-3-14(10-13)26-11-12(4-7-18(26)27)20(28)25-17-6-5-16-15(19(17)23)8-9-24-21(16)29/h1-3,5-6,10,12H,4,7-9,11H2,(H,24,29)(H,25,28). The second kappa shape index (κ2) is 7.62. The molecule has 0 bridgehead atoms. The van der Waals surface area contributed by atoms with E-state index in [0.717, 1.165) is 0 Å². The molecule has 29 heavy (non-hydrogen) atoms. The molecule has 0 aliphatic carbocycles. The van der Waals surface area contributed by atoms with Gasteiger partial charge in [0.15, 0.2) is 5.82 Å². The first-order chi connectivity index (χ1) is 13.9. The van der Waals surface area contributed by atoms with Crippen LogP contribution >= 0.6 is 0 Å². The van der Waals surface area contributed by atoms with Crippen LogP contribution in [0, 0.1) is 17.6 Å². The Morgan fingerprint density at radius 1 is 1.14 bits per heavy atom. The van der Waals surface area contributed by atoms with E-state index in [-0.39, 0.29) is 41.6 Å². The predicted molar refractivity (Wildman–Crippen MR) is 103 cm³/mol. The molecule has 0 aromatic heterocycles. The summed E-state index contributed by atoms with van der Waals surface area (Å²) in [6, 6.07) is 8.49. The third-order valence-electron chi connectivity index (χ3n) is 5.31. The quantitative estimate of drug-likeness (QED) is 0.833. The minimum atomic E-state index is -0.612. The van der Waals surface area contributed by atoms with Gasteiger partial charge >= 0.3 is 0 Å². The first-order valence-electron chi connectivity index (χ1n) is 9.40. The van der Waals surface area contributed by atoms with Gasteiger partial charge in [0.2, 0.25) is 11.8 Å². The molecule has 0 radical (unpaired) electrons. The molecule has 1 unspecified atom stereocenters. The molecule has 150 valence electrons. The molecule has 2 heterocycles. The zero-order chi connectivity index (χ0) is 20.5. The molecule has 1 saturated heterocycles. The van der Waals surface area contributed by atoms with Gasteiger partial charge in [-0.1, -0.05) is 6.07 Å². The molecule has 1 fully saturated rings. The normalized spacial score (nSPS) is 18.8. The summed E-state index contributed by atoms with van der Waals surface area (Å²) in [5.74, 6) is -2.58. The van der Waals surface area contributed by atoms with Crippen LogP contribution in [-0.2, 0) is 16.0 Å². The Kier molecular flexibility index (Phi) is 5.00. The van der Waals surface area contributed by atoms with E-state index >= 15 is 0 Å². The lowest BCUT2D eigenvalue weighted by molar-refractivity contribution is -0.124. The molecular weight excluding hydrogens is 380 g/mol. The second-order valence-electron chi connectivity index (χ2n) is 7.17. The molecule has 2 N–H and O–H groups in total. The maximum Gasteiger partial charge on any atom is 0.251 e. The number of halogens is 2. The van der Waals surface area contributed by atoms with Gasteiger partial charge in [0.1, 0.15) is 5.82 Å². The Balaban J connectivity index is 1.52. The molecule has 2 aromatic rings. The van der Waals surface area contributed by atoms with E-state index in [9.17, 15) is 23.2 Å². The van der Waals surface area contributed by atoms with Gasteiger partial charge in [-0.05, 0) is 43.2 Å². The third kappa shape index (κ3) is 3.70. The van der Waals surface area contributed by atoms with Gasteiger partial charge in [0, 0.05) is 36.3 Å². The van der Waals surface area contributed by atoms with Gasteiger partial charge in [-0.2, -0.15) is 0 Å². The van der Waals surface area contributed by atoms with Crippen molar-refractivity contribution in [2.24, 2.45) is 5.92 Å². The molecule has 8 heteroatoms. The predicted octanol–water partition coefficient (Wildman–Crippen LogP) is 2.63. The summed E-state index contributed by atoms with van der Waals surface area (Å²) in [7, 11) is 0. The number of carbonyl (C=O) groups is 3. The van der Waals surface area contributed by atoms with Crippen LogP contribution in [0.2, 0.25) is 0 Å². The Bertz CT molecular complexity index is 1010. The zero-order valence-electron chi connectivity index (χ0n) is 15.5. The average molecular weight is 399 g/mol. The molecule has 2 aliphatic heterocycles. The first-order valence-corrected chi connectivity index (χ1v) is 9.40. The Labute approximate surface area is 165 Å². The van der Waals surface area contributed by atoms with E-state index in [2.05, 4.69) is 10.6 Å². The van der Waals surface area contributed by atoms with E-state index in [1.54, 1.807) is 6.07 Å². The third-order valence-corrected chi connectivity index (χ3v) is 5.31. The van der Waals surface area contributed by atoms with Gasteiger partial charge < -0.3 is 15.5 Å². The molecule has 2 aliphatic rings. The van der Waals surface area contributed by atoms with Crippen LogP contribution in [0.25, 0.3) is 0 Å². The second-order valence-corrected chi connectivity index (χ2v) is 7.17. The van der Waals surface area contributed by atoms with Crippen molar-refractivity contribution < 1.29 is 23.2 Å². The monoisotopic (exact) mass is 399 g/mol. The van der Waals surface area contributed by atoms with Crippen molar-refractivity contribution in [3.05, 3.63) is 59.2 Å². The summed E-state index contributed by atoms with van der Waals surface area (Å²) in [6.45, 7) is 0.427. The topological polar surface area (TPSA) is 78.5 Å². The Hall–Kier alpha value is -3.29. The van der Waals surface area contributed by atoms with E-state index in [4.69, 9.17) is 0 Å². The highest BCUT2D eigenvalue weighted by Gasteiger charge is 2.32. The number of nitrogens with zero attached hydrogens (tertiary/aromatic N) is 1. The summed E-state index contributed by atoms with van der Waals surface area (Å²) in [5, 5.41) is 5.23. The molecular formula is C21H19F2N3O3. The van der Waals surface area contributed by atoms with Crippen LogP contribution in [0.15, 0.2) is 36.4 Å². The number of amides is 3. The lowest BCUT2D eigenvalue weighted by Gasteiger charge is -2.32. The van der Waals surface area contributed by atoms with Gasteiger partial charge in [-0.15, -0.1) is 0 Å². The number of rotatable bonds is 3. The van der Waals surface area contributed by atoms with Crippen molar-refractivity contribution in [3.8, 4) is 0 Å². The van der Waals surface area contributed by atoms with Crippen molar-refractivity contribution in [1.82, 2.24) is 5.32 Å². The molecule has 2 aromatic carbocycles.